The van der Waals surface area contributed by atoms with Crippen molar-refractivity contribution in [2.45, 2.75) is 46.8 Å². The number of carbonyl (C=O) groups is 1. The van der Waals surface area contributed by atoms with Crippen LogP contribution in [0.3, 0.4) is 0 Å². The fourth-order valence-corrected chi connectivity index (χ4v) is 4.22. The van der Waals surface area contributed by atoms with Crippen molar-refractivity contribution in [1.29, 1.82) is 0 Å². The van der Waals surface area contributed by atoms with Crippen LogP contribution in [0.1, 0.15) is 43.0 Å². The van der Waals surface area contributed by atoms with E-state index in [4.69, 9.17) is 9.57 Å². The number of carboxylic acids is 1. The molecule has 0 fully saturated rings. The van der Waals surface area contributed by atoms with Crippen molar-refractivity contribution in [3.63, 3.8) is 0 Å². The zero-order valence-electron chi connectivity index (χ0n) is 23.0. The average Bonchev–Trinajstić information content (AvgIpc) is 3.41. The van der Waals surface area contributed by atoms with Crippen LogP contribution in [0.25, 0.3) is 5.69 Å². The van der Waals surface area contributed by atoms with Gasteiger partial charge in [0, 0.05) is 11.8 Å². The maximum absolute atomic E-state index is 13.0. The van der Waals surface area contributed by atoms with Gasteiger partial charge in [0.15, 0.2) is 0 Å². The van der Waals surface area contributed by atoms with Crippen LogP contribution in [0, 0.1) is 17.7 Å². The number of aliphatic carboxylic acids is 1. The van der Waals surface area contributed by atoms with Gasteiger partial charge in [0.2, 0.25) is 0 Å². The van der Waals surface area contributed by atoms with Crippen LogP contribution < -0.4 is 4.74 Å². The number of halogens is 1. The molecule has 8 heteroatoms. The van der Waals surface area contributed by atoms with Crippen molar-refractivity contribution in [2.24, 2.45) is 17.0 Å². The summed E-state index contributed by atoms with van der Waals surface area (Å²) in [6, 6.07) is 21.6. The van der Waals surface area contributed by atoms with Gasteiger partial charge in [-0.3, -0.25) is 4.79 Å². The molecule has 4 aromatic rings. The second kappa shape index (κ2) is 13.6. The highest BCUT2D eigenvalue weighted by Gasteiger charge is 2.22. The third-order valence-corrected chi connectivity index (χ3v) is 6.40. The Kier molecular flexibility index (Phi) is 9.67. The highest BCUT2D eigenvalue weighted by molar-refractivity contribution is 6.00. The lowest BCUT2D eigenvalue weighted by Gasteiger charge is -2.13. The van der Waals surface area contributed by atoms with Gasteiger partial charge in [-0.25, -0.2) is 9.07 Å². The van der Waals surface area contributed by atoms with Crippen molar-refractivity contribution >= 4 is 11.7 Å². The minimum atomic E-state index is -0.987. The van der Waals surface area contributed by atoms with E-state index in [0.29, 0.717) is 24.0 Å². The van der Waals surface area contributed by atoms with E-state index in [1.807, 2.05) is 35.1 Å². The van der Waals surface area contributed by atoms with Crippen molar-refractivity contribution < 1.29 is 23.9 Å². The number of aromatic nitrogens is 2. The Morgan fingerprint density at radius 1 is 0.900 bits per heavy atom. The van der Waals surface area contributed by atoms with Gasteiger partial charge in [-0.15, -0.1) is 0 Å². The number of hydrogen-bond acceptors (Lipinski definition) is 5. The van der Waals surface area contributed by atoms with Gasteiger partial charge >= 0.3 is 5.97 Å². The number of oxime groups is 1. The Morgan fingerprint density at radius 2 is 1.52 bits per heavy atom. The number of hydrogen-bond donors (Lipinski definition) is 1. The molecule has 0 aliphatic heterocycles. The second-order valence-electron chi connectivity index (χ2n) is 10.2. The summed E-state index contributed by atoms with van der Waals surface area (Å²) in [5.41, 5.74) is 5.17. The lowest BCUT2D eigenvalue weighted by atomic mass is 9.95. The van der Waals surface area contributed by atoms with Crippen LogP contribution >= 0.6 is 0 Å². The molecule has 40 heavy (non-hydrogen) atoms. The number of benzene rings is 3. The third-order valence-electron chi connectivity index (χ3n) is 6.40. The van der Waals surface area contributed by atoms with E-state index in [0.717, 1.165) is 28.8 Å². The molecule has 0 bridgehead atoms. The lowest BCUT2D eigenvalue weighted by molar-refractivity contribution is -0.139. The molecule has 0 saturated carbocycles. The first-order chi connectivity index (χ1) is 19.3. The maximum atomic E-state index is 13.0. The van der Waals surface area contributed by atoms with Gasteiger partial charge < -0.3 is 14.7 Å². The van der Waals surface area contributed by atoms with Gasteiger partial charge in [-0.2, -0.15) is 5.10 Å². The molecule has 7 nitrogen and oxygen atoms in total. The molecule has 1 atom stereocenters. The second-order valence-corrected chi connectivity index (χ2v) is 10.2. The Bertz CT molecular complexity index is 1410. The number of nitrogens with zero attached hydrogens (tertiary/aromatic N) is 3. The normalized spacial score (nSPS) is 12.4. The molecule has 1 unspecified atom stereocenters. The van der Waals surface area contributed by atoms with E-state index in [-0.39, 0.29) is 18.8 Å². The Morgan fingerprint density at radius 3 is 2.17 bits per heavy atom. The van der Waals surface area contributed by atoms with Crippen molar-refractivity contribution in [3.8, 4) is 11.4 Å². The van der Waals surface area contributed by atoms with Crippen LogP contribution in [-0.2, 0) is 35.7 Å². The van der Waals surface area contributed by atoms with Crippen LogP contribution in [0.15, 0.2) is 90.3 Å². The topological polar surface area (TPSA) is 85.9 Å². The van der Waals surface area contributed by atoms with Gasteiger partial charge in [0.05, 0.1) is 17.6 Å². The van der Waals surface area contributed by atoms with Gasteiger partial charge in [0.25, 0.3) is 0 Å². The van der Waals surface area contributed by atoms with E-state index in [1.165, 1.54) is 17.7 Å². The molecule has 1 aromatic heterocycles. The summed E-state index contributed by atoms with van der Waals surface area (Å²) in [7, 11) is 0. The van der Waals surface area contributed by atoms with E-state index in [9.17, 15) is 14.3 Å². The molecule has 0 saturated heterocycles. The molecule has 0 spiro atoms. The summed E-state index contributed by atoms with van der Waals surface area (Å²) in [6.07, 6.45) is 5.04. The predicted molar refractivity (Wildman–Crippen MR) is 152 cm³/mol. The average molecular weight is 544 g/mol. The first-order valence-corrected chi connectivity index (χ1v) is 13.2. The Balaban J connectivity index is 1.29. The molecule has 208 valence electrons. The SMILES string of the molecule is C/C(=N\OCc1ccc(F)cc1)C(Cc1ccc(OCc2cnn(-c3ccc(CC(C)C)cc3)c2)cc1)C(=O)O. The molecule has 1 N–H and O–H groups in total. The van der Waals surface area contributed by atoms with Crippen molar-refractivity contribution in [3.05, 3.63) is 113 Å². The molecule has 0 amide bonds. The van der Waals surface area contributed by atoms with E-state index < -0.39 is 11.9 Å². The smallest absolute Gasteiger partial charge is 0.312 e. The molecule has 0 aliphatic carbocycles. The van der Waals surface area contributed by atoms with E-state index in [1.54, 1.807) is 25.3 Å². The van der Waals surface area contributed by atoms with Crippen LogP contribution in [-0.4, -0.2) is 26.6 Å². The summed E-state index contributed by atoms with van der Waals surface area (Å²) in [5, 5.41) is 18.2. The standard InChI is InChI=1S/C32H34FN3O4/c1-22(2)16-24-6-12-29(13-7-24)36-19-27(18-34-36)20-39-30-14-8-25(9-15-30)17-31(32(37)38)23(3)35-40-21-26-4-10-28(33)11-5-26/h4-15,18-19,22,31H,16-17,20-21H2,1-3H3,(H,37,38)/b35-23+. The minimum absolute atomic E-state index is 0.124. The van der Waals surface area contributed by atoms with Gasteiger partial charge in [-0.05, 0) is 78.8 Å². The molecule has 0 radical (unpaired) electrons. The van der Waals surface area contributed by atoms with Crippen LogP contribution in [0.5, 0.6) is 5.75 Å². The van der Waals surface area contributed by atoms with Crippen molar-refractivity contribution in [2.75, 3.05) is 0 Å². The van der Waals surface area contributed by atoms with Crippen LogP contribution in [0.2, 0.25) is 0 Å². The largest absolute Gasteiger partial charge is 0.489 e. The Hall–Kier alpha value is -4.46. The van der Waals surface area contributed by atoms with Gasteiger partial charge in [0.1, 0.15) is 30.7 Å². The molecule has 3 aromatic carbocycles. The van der Waals surface area contributed by atoms with Crippen molar-refractivity contribution in [1.82, 2.24) is 9.78 Å². The number of ether oxygens (including phenoxy) is 1. The summed E-state index contributed by atoms with van der Waals surface area (Å²) in [6.45, 7) is 6.53. The molecular weight excluding hydrogens is 509 g/mol. The summed E-state index contributed by atoms with van der Waals surface area (Å²) < 4.78 is 20.8. The molecule has 0 aliphatic rings. The highest BCUT2D eigenvalue weighted by atomic mass is 19.1. The Labute approximate surface area is 233 Å². The van der Waals surface area contributed by atoms with Crippen LogP contribution in [0.4, 0.5) is 4.39 Å². The fourth-order valence-electron chi connectivity index (χ4n) is 4.22. The summed E-state index contributed by atoms with van der Waals surface area (Å²) >= 11 is 0. The number of rotatable bonds is 13. The first kappa shape index (κ1) is 28.5. The van der Waals surface area contributed by atoms with Gasteiger partial charge in [-0.1, -0.05) is 55.4 Å². The first-order valence-electron chi connectivity index (χ1n) is 13.2. The summed E-state index contributed by atoms with van der Waals surface area (Å²) in [4.78, 5) is 17.2. The molecule has 4 rings (SSSR count). The fraction of sp³-hybridized carbons (Fsp3) is 0.281. The predicted octanol–water partition coefficient (Wildman–Crippen LogP) is 6.62. The quantitative estimate of drug-likeness (QED) is 0.151. The molecule has 1 heterocycles. The summed E-state index contributed by atoms with van der Waals surface area (Å²) in [5.74, 6) is -0.872. The lowest BCUT2D eigenvalue weighted by Crippen LogP contribution is -2.24. The molecular formula is C32H34FN3O4. The maximum Gasteiger partial charge on any atom is 0.312 e. The van der Waals surface area contributed by atoms with E-state index in [2.05, 4.69) is 48.4 Å². The highest BCUT2D eigenvalue weighted by Crippen LogP contribution is 2.19. The zero-order chi connectivity index (χ0) is 28.5. The monoisotopic (exact) mass is 543 g/mol. The number of carboxylic acid groups (broad SMARTS) is 1. The van der Waals surface area contributed by atoms with E-state index >= 15 is 0 Å². The third kappa shape index (κ3) is 8.27. The zero-order valence-corrected chi connectivity index (χ0v) is 23.0. The minimum Gasteiger partial charge on any atom is -0.489 e.